The molecule has 0 saturated carbocycles. The largest absolute Gasteiger partial charge is 0.574 e. The van der Waals surface area contributed by atoms with Gasteiger partial charge in [0.15, 0.2) is 0 Å². The van der Waals surface area contributed by atoms with Crippen molar-refractivity contribution < 1.29 is 36.6 Å². The lowest BCUT2D eigenvalue weighted by molar-refractivity contribution is -0.276. The number of halogens is 6. The van der Waals surface area contributed by atoms with Gasteiger partial charge in [0.05, 0.1) is 6.42 Å². The summed E-state index contributed by atoms with van der Waals surface area (Å²) >= 11 is 1.43. The summed E-state index contributed by atoms with van der Waals surface area (Å²) in [5, 5.41) is 8.55. The molecule has 106 valence electrons. The van der Waals surface area contributed by atoms with Crippen molar-refractivity contribution in [3.05, 3.63) is 20.9 Å². The molecule has 0 saturated heterocycles. The normalized spacial score (nSPS) is 11.7. The number of nitrogens with zero attached hydrogens (tertiary/aromatic N) is 1. The highest BCUT2D eigenvalue weighted by molar-refractivity contribution is 14.1. The van der Waals surface area contributed by atoms with Crippen molar-refractivity contribution in [2.75, 3.05) is 0 Å². The lowest BCUT2D eigenvalue weighted by atomic mass is 10.1. The van der Waals surface area contributed by atoms with Gasteiger partial charge in [0.2, 0.25) is 5.88 Å². The zero-order valence-electron chi connectivity index (χ0n) is 8.84. The van der Waals surface area contributed by atoms with E-state index in [1.807, 2.05) is 0 Å². The second-order valence-corrected chi connectivity index (χ2v) is 4.34. The number of hydrogen-bond donors (Lipinski definition) is 1. The van der Waals surface area contributed by atoms with Gasteiger partial charge in [0.25, 0.3) is 6.43 Å². The molecule has 0 fully saturated rings. The van der Waals surface area contributed by atoms with Crippen molar-refractivity contribution in [2.24, 2.45) is 0 Å². The first kappa shape index (κ1) is 15.9. The van der Waals surface area contributed by atoms with Crippen molar-refractivity contribution >= 4 is 28.6 Å². The number of alkyl halides is 5. The fraction of sp³-hybridized carbons (Fsp3) is 0.333. The van der Waals surface area contributed by atoms with Gasteiger partial charge in [-0.3, -0.25) is 4.79 Å². The quantitative estimate of drug-likeness (QED) is 0.482. The fourth-order valence-corrected chi connectivity index (χ4v) is 1.81. The molecule has 1 aromatic rings. The van der Waals surface area contributed by atoms with Gasteiger partial charge in [-0.2, -0.15) is 0 Å². The molecule has 0 aromatic carbocycles. The van der Waals surface area contributed by atoms with E-state index in [-0.39, 0.29) is 3.70 Å². The number of aliphatic carboxylic acids is 1. The summed E-state index contributed by atoms with van der Waals surface area (Å²) in [6.45, 7) is 0. The summed E-state index contributed by atoms with van der Waals surface area (Å²) in [7, 11) is 0. The van der Waals surface area contributed by atoms with Crippen LogP contribution in [-0.2, 0) is 11.2 Å². The Hall–Kier alpha value is -1.20. The standard InChI is InChI=1S/C9H5F5INO3/c10-7(11)3-1-5(15)16-8(19-9(12,13)14)4(3)2-6(17)18/h1,7H,2H2,(H,17,18). The van der Waals surface area contributed by atoms with E-state index in [1.54, 1.807) is 0 Å². The third-order valence-corrected chi connectivity index (χ3v) is 2.42. The number of carboxylic acids is 1. The minimum absolute atomic E-state index is 0.165. The number of aromatic nitrogens is 1. The average Bonchev–Trinajstić information content (AvgIpc) is 2.18. The highest BCUT2D eigenvalue weighted by Gasteiger charge is 2.34. The van der Waals surface area contributed by atoms with Gasteiger partial charge < -0.3 is 9.84 Å². The Balaban J connectivity index is 3.37. The molecule has 0 bridgehead atoms. The van der Waals surface area contributed by atoms with Gasteiger partial charge >= 0.3 is 12.3 Å². The molecule has 0 unspecified atom stereocenters. The van der Waals surface area contributed by atoms with E-state index in [2.05, 4.69) is 9.72 Å². The number of carboxylic acid groups (broad SMARTS) is 1. The smallest absolute Gasteiger partial charge is 0.481 e. The molecule has 1 N–H and O–H groups in total. The lowest BCUT2D eigenvalue weighted by Gasteiger charge is -2.15. The Morgan fingerprint density at radius 3 is 2.47 bits per heavy atom. The zero-order valence-corrected chi connectivity index (χ0v) is 11.0. The monoisotopic (exact) mass is 397 g/mol. The van der Waals surface area contributed by atoms with E-state index in [0.717, 1.165) is 6.07 Å². The number of rotatable bonds is 4. The van der Waals surface area contributed by atoms with E-state index in [0.29, 0.717) is 0 Å². The summed E-state index contributed by atoms with van der Waals surface area (Å²) in [5.41, 5.74) is -1.64. The van der Waals surface area contributed by atoms with E-state index in [1.165, 1.54) is 22.6 Å². The van der Waals surface area contributed by atoms with Crippen molar-refractivity contribution in [3.63, 3.8) is 0 Å². The highest BCUT2D eigenvalue weighted by Crippen LogP contribution is 2.33. The van der Waals surface area contributed by atoms with E-state index < -0.39 is 42.2 Å². The van der Waals surface area contributed by atoms with Crippen LogP contribution in [0.5, 0.6) is 5.88 Å². The molecule has 1 aromatic heterocycles. The Kier molecular flexibility index (Phi) is 4.87. The summed E-state index contributed by atoms with van der Waals surface area (Å²) < 4.78 is 65.1. The van der Waals surface area contributed by atoms with Crippen LogP contribution in [0.3, 0.4) is 0 Å². The minimum Gasteiger partial charge on any atom is -0.481 e. The van der Waals surface area contributed by atoms with Crippen molar-refractivity contribution in [2.45, 2.75) is 19.2 Å². The first-order valence-corrected chi connectivity index (χ1v) is 5.63. The molecule has 0 spiro atoms. The zero-order chi connectivity index (χ0) is 14.8. The topological polar surface area (TPSA) is 59.4 Å². The van der Waals surface area contributed by atoms with Crippen LogP contribution in [0.25, 0.3) is 0 Å². The number of carbonyl (C=O) groups is 1. The Morgan fingerprint density at radius 1 is 1.47 bits per heavy atom. The summed E-state index contributed by atoms with van der Waals surface area (Å²) in [4.78, 5) is 13.8. The maximum atomic E-state index is 12.7. The predicted molar refractivity (Wildman–Crippen MR) is 59.9 cm³/mol. The van der Waals surface area contributed by atoms with Crippen LogP contribution in [0.15, 0.2) is 6.07 Å². The van der Waals surface area contributed by atoms with Gasteiger partial charge in [-0.05, 0) is 28.7 Å². The van der Waals surface area contributed by atoms with Gasteiger partial charge in [-0.25, -0.2) is 13.8 Å². The van der Waals surface area contributed by atoms with E-state index >= 15 is 0 Å². The SMILES string of the molecule is O=C(O)Cc1c(C(F)F)cc(I)nc1OC(F)(F)F. The highest BCUT2D eigenvalue weighted by atomic mass is 127. The Morgan fingerprint density at radius 2 is 2.05 bits per heavy atom. The molecular weight excluding hydrogens is 392 g/mol. The summed E-state index contributed by atoms with van der Waals surface area (Å²) in [6.07, 6.45) is -9.33. The van der Waals surface area contributed by atoms with Gasteiger partial charge in [0, 0.05) is 11.1 Å². The first-order valence-electron chi connectivity index (χ1n) is 4.55. The van der Waals surface area contributed by atoms with Crippen LogP contribution in [0.2, 0.25) is 0 Å². The second kappa shape index (κ2) is 5.84. The molecule has 19 heavy (non-hydrogen) atoms. The van der Waals surface area contributed by atoms with Gasteiger partial charge in [-0.1, -0.05) is 0 Å². The predicted octanol–water partition coefficient (Wildman–Crippen LogP) is 3.15. The fourth-order valence-electron chi connectivity index (χ4n) is 1.25. The second-order valence-electron chi connectivity index (χ2n) is 3.24. The van der Waals surface area contributed by atoms with Crippen molar-refractivity contribution in [3.8, 4) is 5.88 Å². The molecule has 0 atom stereocenters. The van der Waals surface area contributed by atoms with Crippen LogP contribution in [0.1, 0.15) is 17.6 Å². The van der Waals surface area contributed by atoms with Crippen LogP contribution >= 0.6 is 22.6 Å². The van der Waals surface area contributed by atoms with Gasteiger partial charge in [-0.15, -0.1) is 13.2 Å². The molecule has 1 rings (SSSR count). The van der Waals surface area contributed by atoms with Gasteiger partial charge in [0.1, 0.15) is 3.70 Å². The van der Waals surface area contributed by atoms with E-state index in [9.17, 15) is 26.7 Å². The molecule has 4 nitrogen and oxygen atoms in total. The minimum atomic E-state index is -5.15. The molecule has 0 aliphatic carbocycles. The van der Waals surface area contributed by atoms with Crippen LogP contribution in [0, 0.1) is 3.70 Å². The molecule has 0 amide bonds. The van der Waals surface area contributed by atoms with Crippen LogP contribution in [0.4, 0.5) is 22.0 Å². The van der Waals surface area contributed by atoms with Crippen LogP contribution < -0.4 is 4.74 Å². The molecule has 0 radical (unpaired) electrons. The van der Waals surface area contributed by atoms with E-state index in [4.69, 9.17) is 5.11 Å². The lowest BCUT2D eigenvalue weighted by Crippen LogP contribution is -2.21. The molecule has 0 aliphatic rings. The number of ether oxygens (including phenoxy) is 1. The summed E-state index contributed by atoms with van der Waals surface area (Å²) in [5.74, 6) is -2.74. The first-order chi connectivity index (χ1) is 8.60. The van der Waals surface area contributed by atoms with Crippen molar-refractivity contribution in [1.29, 1.82) is 0 Å². The summed E-state index contributed by atoms with van der Waals surface area (Å²) in [6, 6.07) is 0.812. The molecule has 10 heteroatoms. The number of pyridine rings is 1. The Bertz CT molecular complexity index is 491. The molecular formula is C9H5F5INO3. The third-order valence-electron chi connectivity index (χ3n) is 1.87. The Labute approximate surface area is 116 Å². The molecule has 0 aliphatic heterocycles. The third kappa shape index (κ3) is 4.76. The van der Waals surface area contributed by atoms with Crippen molar-refractivity contribution in [1.82, 2.24) is 4.98 Å². The maximum absolute atomic E-state index is 12.7. The number of hydrogen-bond acceptors (Lipinski definition) is 3. The average molecular weight is 397 g/mol. The van der Waals surface area contributed by atoms with Crippen LogP contribution in [-0.4, -0.2) is 22.4 Å². The molecule has 1 heterocycles. The maximum Gasteiger partial charge on any atom is 0.574 e.